The van der Waals surface area contributed by atoms with Crippen LogP contribution in [0.1, 0.15) is 23.6 Å². The van der Waals surface area contributed by atoms with Gasteiger partial charge in [0, 0.05) is 12.1 Å². The fourth-order valence-corrected chi connectivity index (χ4v) is 2.37. The first-order chi connectivity index (χ1) is 9.74. The molecule has 1 fully saturated rings. The fourth-order valence-electron chi connectivity index (χ4n) is 2.37. The molecule has 0 aliphatic heterocycles. The number of benzene rings is 1. The largest absolute Gasteiger partial charge is 0.350 e. The quantitative estimate of drug-likeness (QED) is 0.928. The van der Waals surface area contributed by atoms with Gasteiger partial charge in [0.15, 0.2) is 0 Å². The Kier molecular flexibility index (Phi) is 3.46. The van der Waals surface area contributed by atoms with Crippen molar-refractivity contribution in [3.8, 4) is 0 Å². The van der Waals surface area contributed by atoms with Crippen molar-refractivity contribution in [3.05, 3.63) is 65.7 Å². The standard InChI is InChI=1S/C16H15FN2O/c17-12-6-4-11(5-7-12)14-9-15(14)16(20)19-10-13-3-1-2-8-18-13/h1-8,14-15H,9-10H2,(H,19,20). The summed E-state index contributed by atoms with van der Waals surface area (Å²) in [6.07, 6.45) is 2.54. The van der Waals surface area contributed by atoms with Crippen molar-refractivity contribution in [3.63, 3.8) is 0 Å². The number of pyridine rings is 1. The third kappa shape index (κ3) is 2.85. The van der Waals surface area contributed by atoms with E-state index in [0.29, 0.717) is 6.54 Å². The van der Waals surface area contributed by atoms with Crippen LogP contribution in [0.4, 0.5) is 4.39 Å². The van der Waals surface area contributed by atoms with E-state index in [0.717, 1.165) is 17.7 Å². The van der Waals surface area contributed by atoms with Gasteiger partial charge in [-0.25, -0.2) is 4.39 Å². The van der Waals surface area contributed by atoms with Gasteiger partial charge >= 0.3 is 0 Å². The van der Waals surface area contributed by atoms with Gasteiger partial charge in [-0.15, -0.1) is 0 Å². The van der Waals surface area contributed by atoms with Crippen LogP contribution in [0.5, 0.6) is 0 Å². The number of carbonyl (C=O) groups excluding carboxylic acids is 1. The van der Waals surface area contributed by atoms with Gasteiger partial charge in [-0.1, -0.05) is 18.2 Å². The molecule has 1 aromatic heterocycles. The third-order valence-corrected chi connectivity index (χ3v) is 3.60. The van der Waals surface area contributed by atoms with E-state index in [2.05, 4.69) is 10.3 Å². The molecule has 2 aromatic rings. The monoisotopic (exact) mass is 270 g/mol. The van der Waals surface area contributed by atoms with Crippen molar-refractivity contribution in [2.45, 2.75) is 18.9 Å². The Morgan fingerprint density at radius 3 is 2.75 bits per heavy atom. The lowest BCUT2D eigenvalue weighted by Crippen LogP contribution is -2.25. The topological polar surface area (TPSA) is 42.0 Å². The molecule has 3 rings (SSSR count). The van der Waals surface area contributed by atoms with Gasteiger partial charge in [-0.2, -0.15) is 0 Å². The zero-order chi connectivity index (χ0) is 13.9. The molecule has 1 saturated carbocycles. The lowest BCUT2D eigenvalue weighted by atomic mass is 10.1. The first kappa shape index (κ1) is 12.8. The Balaban J connectivity index is 1.54. The first-order valence-corrected chi connectivity index (χ1v) is 6.67. The highest BCUT2D eigenvalue weighted by atomic mass is 19.1. The molecule has 1 aliphatic rings. The number of carbonyl (C=O) groups is 1. The van der Waals surface area contributed by atoms with Crippen LogP contribution in [-0.4, -0.2) is 10.9 Å². The van der Waals surface area contributed by atoms with E-state index in [1.165, 1.54) is 12.1 Å². The van der Waals surface area contributed by atoms with Gasteiger partial charge in [0.05, 0.1) is 12.2 Å². The molecule has 0 saturated heterocycles. The molecule has 0 radical (unpaired) electrons. The maximum absolute atomic E-state index is 12.8. The molecule has 1 aromatic carbocycles. The lowest BCUT2D eigenvalue weighted by Gasteiger charge is -2.04. The van der Waals surface area contributed by atoms with Gasteiger partial charge in [0.1, 0.15) is 5.82 Å². The number of aromatic nitrogens is 1. The Hall–Kier alpha value is -2.23. The molecular formula is C16H15FN2O. The molecule has 0 bridgehead atoms. The zero-order valence-corrected chi connectivity index (χ0v) is 10.9. The summed E-state index contributed by atoms with van der Waals surface area (Å²) in [6, 6.07) is 12.0. The fraction of sp³-hybridized carbons (Fsp3) is 0.250. The normalized spacial score (nSPS) is 20.4. The van der Waals surface area contributed by atoms with Crippen LogP contribution in [0, 0.1) is 11.7 Å². The van der Waals surface area contributed by atoms with Crippen molar-refractivity contribution < 1.29 is 9.18 Å². The van der Waals surface area contributed by atoms with Crippen molar-refractivity contribution >= 4 is 5.91 Å². The average Bonchev–Trinajstić information content (AvgIpc) is 3.27. The zero-order valence-electron chi connectivity index (χ0n) is 10.9. The van der Waals surface area contributed by atoms with Crippen LogP contribution >= 0.6 is 0 Å². The van der Waals surface area contributed by atoms with Gasteiger partial charge in [0.25, 0.3) is 0 Å². The number of nitrogens with zero attached hydrogens (tertiary/aromatic N) is 1. The molecule has 102 valence electrons. The lowest BCUT2D eigenvalue weighted by molar-refractivity contribution is -0.122. The Morgan fingerprint density at radius 1 is 1.25 bits per heavy atom. The second-order valence-electron chi connectivity index (χ2n) is 5.04. The molecule has 4 heteroatoms. The van der Waals surface area contributed by atoms with Crippen molar-refractivity contribution in [2.24, 2.45) is 5.92 Å². The number of hydrogen-bond acceptors (Lipinski definition) is 2. The van der Waals surface area contributed by atoms with Crippen LogP contribution in [0.3, 0.4) is 0 Å². The summed E-state index contributed by atoms with van der Waals surface area (Å²) >= 11 is 0. The van der Waals surface area contributed by atoms with Gasteiger partial charge in [-0.3, -0.25) is 9.78 Å². The molecular weight excluding hydrogens is 255 g/mol. The predicted molar refractivity (Wildman–Crippen MR) is 73.3 cm³/mol. The summed E-state index contributed by atoms with van der Waals surface area (Å²) in [7, 11) is 0. The Bertz CT molecular complexity index is 598. The number of amides is 1. The van der Waals surface area contributed by atoms with E-state index in [-0.39, 0.29) is 23.6 Å². The van der Waals surface area contributed by atoms with Gasteiger partial charge in [-0.05, 0) is 42.2 Å². The number of rotatable bonds is 4. The maximum Gasteiger partial charge on any atom is 0.224 e. The summed E-state index contributed by atoms with van der Waals surface area (Å²) in [5.41, 5.74) is 1.88. The van der Waals surface area contributed by atoms with Crippen molar-refractivity contribution in [1.82, 2.24) is 10.3 Å². The second-order valence-corrected chi connectivity index (χ2v) is 5.04. The third-order valence-electron chi connectivity index (χ3n) is 3.60. The van der Waals surface area contributed by atoms with Crippen molar-refractivity contribution in [2.75, 3.05) is 0 Å². The maximum atomic E-state index is 12.8. The van der Waals surface area contributed by atoms with Crippen LogP contribution in [0.2, 0.25) is 0 Å². The minimum Gasteiger partial charge on any atom is -0.350 e. The van der Waals surface area contributed by atoms with Gasteiger partial charge < -0.3 is 5.32 Å². The molecule has 2 unspecified atom stereocenters. The molecule has 2 atom stereocenters. The van der Waals surface area contributed by atoms with Crippen LogP contribution in [0.15, 0.2) is 48.7 Å². The molecule has 0 spiro atoms. The molecule has 1 amide bonds. The highest BCUT2D eigenvalue weighted by molar-refractivity contribution is 5.82. The highest BCUT2D eigenvalue weighted by Crippen LogP contribution is 2.47. The average molecular weight is 270 g/mol. The van der Waals surface area contributed by atoms with Crippen LogP contribution in [0.25, 0.3) is 0 Å². The molecule has 3 nitrogen and oxygen atoms in total. The number of nitrogens with one attached hydrogen (secondary N) is 1. The number of hydrogen-bond donors (Lipinski definition) is 1. The number of halogens is 1. The minimum absolute atomic E-state index is 0.00386. The van der Waals surface area contributed by atoms with Crippen LogP contribution in [-0.2, 0) is 11.3 Å². The summed E-state index contributed by atoms with van der Waals surface area (Å²) in [4.78, 5) is 16.2. The Labute approximate surface area is 116 Å². The van der Waals surface area contributed by atoms with E-state index in [9.17, 15) is 9.18 Å². The van der Waals surface area contributed by atoms with E-state index in [1.54, 1.807) is 18.3 Å². The second kappa shape index (κ2) is 5.41. The van der Waals surface area contributed by atoms with Crippen LogP contribution < -0.4 is 5.32 Å². The Morgan fingerprint density at radius 2 is 2.05 bits per heavy atom. The first-order valence-electron chi connectivity index (χ1n) is 6.67. The predicted octanol–water partition coefficient (Wildman–Crippen LogP) is 2.64. The van der Waals surface area contributed by atoms with E-state index in [1.807, 2.05) is 18.2 Å². The summed E-state index contributed by atoms with van der Waals surface area (Å²) in [6.45, 7) is 0.451. The highest BCUT2D eigenvalue weighted by Gasteiger charge is 2.43. The smallest absolute Gasteiger partial charge is 0.224 e. The SMILES string of the molecule is O=C(NCc1ccccn1)C1CC1c1ccc(F)cc1. The molecule has 1 heterocycles. The van der Waals surface area contributed by atoms with E-state index < -0.39 is 0 Å². The summed E-state index contributed by atoms with van der Waals surface area (Å²) < 4.78 is 12.8. The molecule has 20 heavy (non-hydrogen) atoms. The molecule has 1 aliphatic carbocycles. The van der Waals surface area contributed by atoms with Crippen molar-refractivity contribution in [1.29, 1.82) is 0 Å². The van der Waals surface area contributed by atoms with Gasteiger partial charge in [0.2, 0.25) is 5.91 Å². The minimum atomic E-state index is -0.245. The van der Waals surface area contributed by atoms with E-state index >= 15 is 0 Å². The summed E-state index contributed by atoms with van der Waals surface area (Å²) in [5, 5.41) is 2.90. The summed E-state index contributed by atoms with van der Waals surface area (Å²) in [5.74, 6) is 0.0269. The van der Waals surface area contributed by atoms with E-state index in [4.69, 9.17) is 0 Å². The molecule has 1 N–H and O–H groups in total.